The van der Waals surface area contributed by atoms with Crippen LogP contribution in [0.1, 0.15) is 29.8 Å². The molecule has 32 heavy (non-hydrogen) atoms. The van der Waals surface area contributed by atoms with Gasteiger partial charge in [-0.1, -0.05) is 18.2 Å². The van der Waals surface area contributed by atoms with Gasteiger partial charge in [-0.3, -0.25) is 9.59 Å². The summed E-state index contributed by atoms with van der Waals surface area (Å²) >= 11 is 0. The van der Waals surface area contributed by atoms with Crippen LogP contribution in [0.4, 0.5) is 0 Å². The molecule has 4 aromatic rings. The smallest absolute Gasteiger partial charge is 0.325 e. The molecule has 3 heterocycles. The molecule has 1 aliphatic rings. The number of imidazole rings is 1. The number of rotatable bonds is 7. The Labute approximate surface area is 182 Å². The fraction of sp³-hybridized carbons (Fsp3) is 0.261. The zero-order valence-electron chi connectivity index (χ0n) is 17.1. The van der Waals surface area contributed by atoms with Gasteiger partial charge in [-0.25, -0.2) is 9.67 Å². The summed E-state index contributed by atoms with van der Waals surface area (Å²) in [6.45, 7) is 0.0812. The largest absolute Gasteiger partial charge is 0.490 e. The zero-order valence-corrected chi connectivity index (χ0v) is 17.1. The summed E-state index contributed by atoms with van der Waals surface area (Å²) < 4.78 is 8.60. The van der Waals surface area contributed by atoms with Gasteiger partial charge in [0.25, 0.3) is 5.56 Å². The zero-order chi connectivity index (χ0) is 22.2. The molecule has 0 aliphatic heterocycles. The van der Waals surface area contributed by atoms with Crippen LogP contribution in [0.5, 0.6) is 5.75 Å². The van der Waals surface area contributed by atoms with Crippen molar-refractivity contribution in [3.8, 4) is 11.8 Å². The van der Waals surface area contributed by atoms with Gasteiger partial charge < -0.3 is 14.2 Å². The van der Waals surface area contributed by atoms with Gasteiger partial charge in [0.05, 0.1) is 35.1 Å². The predicted molar refractivity (Wildman–Crippen MR) is 115 cm³/mol. The Morgan fingerprint density at radius 1 is 1.25 bits per heavy atom. The first kappa shape index (κ1) is 19.8. The monoisotopic (exact) mass is 429 g/mol. The molecule has 0 bridgehead atoms. The van der Waals surface area contributed by atoms with Crippen LogP contribution in [0.15, 0.2) is 47.5 Å². The Balaban J connectivity index is 1.53. The maximum Gasteiger partial charge on any atom is 0.325 e. The normalized spacial score (nSPS) is 13.3. The lowest BCUT2D eigenvalue weighted by Crippen LogP contribution is -2.28. The molecule has 0 radical (unpaired) electrons. The Bertz CT molecular complexity index is 1460. The summed E-state index contributed by atoms with van der Waals surface area (Å²) in [5.74, 6) is -0.0535. The number of fused-ring (bicyclic) bond motifs is 2. The Morgan fingerprint density at radius 2 is 2.03 bits per heavy atom. The number of hydrogen-bond donors (Lipinski definition) is 1. The highest BCUT2D eigenvalue weighted by Gasteiger charge is 2.23. The fourth-order valence-electron chi connectivity index (χ4n) is 3.69. The van der Waals surface area contributed by atoms with Crippen molar-refractivity contribution in [2.75, 3.05) is 6.61 Å². The molecule has 160 valence electrons. The lowest BCUT2D eigenvalue weighted by molar-refractivity contribution is -0.138. The van der Waals surface area contributed by atoms with Gasteiger partial charge in [0, 0.05) is 24.1 Å². The molecule has 1 aromatic carbocycles. The van der Waals surface area contributed by atoms with Gasteiger partial charge in [-0.15, -0.1) is 0 Å². The van der Waals surface area contributed by atoms with E-state index in [2.05, 4.69) is 16.2 Å². The van der Waals surface area contributed by atoms with Crippen LogP contribution in [0, 0.1) is 17.2 Å². The predicted octanol–water partition coefficient (Wildman–Crippen LogP) is 2.38. The number of carboxylic acid groups (broad SMARTS) is 1. The Hall–Kier alpha value is -4.19. The second-order valence-corrected chi connectivity index (χ2v) is 7.94. The summed E-state index contributed by atoms with van der Waals surface area (Å²) in [4.78, 5) is 28.4. The summed E-state index contributed by atoms with van der Waals surface area (Å²) in [6.07, 6.45) is 6.18. The maximum atomic E-state index is 12.6. The first-order valence-corrected chi connectivity index (χ1v) is 10.3. The van der Waals surface area contributed by atoms with Crippen LogP contribution in [-0.4, -0.2) is 36.8 Å². The van der Waals surface area contributed by atoms with Crippen LogP contribution in [0.25, 0.3) is 16.4 Å². The number of benzene rings is 1. The summed E-state index contributed by atoms with van der Waals surface area (Å²) in [5, 5.41) is 24.0. The second kappa shape index (κ2) is 7.81. The average molecular weight is 429 g/mol. The topological polar surface area (TPSA) is 123 Å². The SMILES string of the molecule is N#Cc1cc2nc(Cc3nn(CC(=O)O)c(=O)c4ccccc34)cn2cc1OCC1CC1. The maximum absolute atomic E-state index is 12.6. The highest BCUT2D eigenvalue weighted by molar-refractivity contribution is 5.84. The van der Waals surface area contributed by atoms with Crippen molar-refractivity contribution in [1.29, 1.82) is 5.26 Å². The highest BCUT2D eigenvalue weighted by atomic mass is 16.5. The molecule has 1 N–H and O–H groups in total. The highest BCUT2D eigenvalue weighted by Crippen LogP contribution is 2.30. The lowest BCUT2D eigenvalue weighted by atomic mass is 10.1. The van der Waals surface area contributed by atoms with Crippen LogP contribution in [0.2, 0.25) is 0 Å². The first-order chi connectivity index (χ1) is 15.5. The molecule has 0 atom stereocenters. The van der Waals surface area contributed by atoms with Crippen LogP contribution >= 0.6 is 0 Å². The van der Waals surface area contributed by atoms with Gasteiger partial charge >= 0.3 is 5.97 Å². The van der Waals surface area contributed by atoms with E-state index in [0.29, 0.717) is 58.1 Å². The van der Waals surface area contributed by atoms with Gasteiger partial charge in [-0.2, -0.15) is 10.4 Å². The van der Waals surface area contributed by atoms with Crippen LogP contribution in [-0.2, 0) is 17.8 Å². The fourth-order valence-corrected chi connectivity index (χ4v) is 3.69. The molecule has 0 spiro atoms. The standard InChI is InChI=1S/C23H19N5O4/c24-9-15-7-21-25-16(10-27(21)11-20(15)32-13-14-5-6-14)8-19-17-3-1-2-4-18(17)23(31)28(26-19)12-22(29)30/h1-4,7,10-11,14H,5-6,8,12-13H2,(H,29,30). The quantitative estimate of drug-likeness (QED) is 0.478. The van der Waals surface area contributed by atoms with Crippen molar-refractivity contribution < 1.29 is 14.6 Å². The van der Waals surface area contributed by atoms with Gasteiger partial charge in [0.2, 0.25) is 0 Å². The minimum Gasteiger partial charge on any atom is -0.490 e. The molecule has 0 saturated heterocycles. The van der Waals surface area contributed by atoms with Crippen molar-refractivity contribution in [1.82, 2.24) is 19.2 Å². The van der Waals surface area contributed by atoms with E-state index in [1.165, 1.54) is 0 Å². The molecule has 1 saturated carbocycles. The van der Waals surface area contributed by atoms with Crippen molar-refractivity contribution in [3.05, 3.63) is 70.0 Å². The molecular formula is C23H19N5O4. The van der Waals surface area contributed by atoms with Gasteiger partial charge in [-0.05, 0) is 24.8 Å². The van der Waals surface area contributed by atoms with Crippen molar-refractivity contribution in [2.24, 2.45) is 5.92 Å². The average Bonchev–Trinajstić information content (AvgIpc) is 3.53. The van der Waals surface area contributed by atoms with E-state index in [-0.39, 0.29) is 0 Å². The number of carboxylic acids is 1. The third-order valence-corrected chi connectivity index (χ3v) is 5.48. The second-order valence-electron chi connectivity index (χ2n) is 7.94. The third-order valence-electron chi connectivity index (χ3n) is 5.48. The minimum atomic E-state index is -1.14. The van der Waals surface area contributed by atoms with Crippen molar-refractivity contribution >= 4 is 22.4 Å². The van der Waals surface area contributed by atoms with Gasteiger partial charge in [0.1, 0.15) is 18.3 Å². The Kier molecular flexibility index (Phi) is 4.82. The molecule has 9 nitrogen and oxygen atoms in total. The number of hydrogen-bond acceptors (Lipinski definition) is 6. The first-order valence-electron chi connectivity index (χ1n) is 10.3. The number of nitriles is 1. The summed E-state index contributed by atoms with van der Waals surface area (Å²) in [6, 6.07) is 10.8. The molecule has 1 aliphatic carbocycles. The third kappa shape index (κ3) is 3.78. The lowest BCUT2D eigenvalue weighted by Gasteiger charge is -2.08. The summed E-state index contributed by atoms with van der Waals surface area (Å²) in [7, 11) is 0. The van der Waals surface area contributed by atoms with E-state index in [4.69, 9.17) is 9.84 Å². The Morgan fingerprint density at radius 3 is 2.75 bits per heavy atom. The van der Waals surface area contributed by atoms with E-state index in [1.807, 2.05) is 6.20 Å². The van der Waals surface area contributed by atoms with E-state index in [0.717, 1.165) is 17.5 Å². The number of aliphatic carboxylic acids is 1. The van der Waals surface area contributed by atoms with E-state index in [9.17, 15) is 14.9 Å². The van der Waals surface area contributed by atoms with Crippen LogP contribution < -0.4 is 10.3 Å². The number of pyridine rings is 1. The van der Waals surface area contributed by atoms with E-state index in [1.54, 1.807) is 40.9 Å². The van der Waals surface area contributed by atoms with Crippen LogP contribution in [0.3, 0.4) is 0 Å². The number of ether oxygens (including phenoxy) is 1. The number of nitrogens with zero attached hydrogens (tertiary/aromatic N) is 5. The molecular weight excluding hydrogens is 410 g/mol. The molecule has 5 rings (SSSR count). The summed E-state index contributed by atoms with van der Waals surface area (Å²) in [5.41, 5.74) is 1.80. The molecule has 0 amide bonds. The molecule has 1 fully saturated rings. The number of carbonyl (C=O) groups is 1. The minimum absolute atomic E-state index is 0.294. The molecule has 9 heteroatoms. The van der Waals surface area contributed by atoms with Gasteiger partial charge in [0.15, 0.2) is 5.75 Å². The molecule has 0 unspecified atom stereocenters. The van der Waals surface area contributed by atoms with E-state index >= 15 is 0 Å². The van der Waals surface area contributed by atoms with Crippen molar-refractivity contribution in [3.63, 3.8) is 0 Å². The number of aromatic nitrogens is 4. The molecule has 3 aromatic heterocycles. The van der Waals surface area contributed by atoms with Crippen molar-refractivity contribution in [2.45, 2.75) is 25.8 Å². The van der Waals surface area contributed by atoms with E-state index < -0.39 is 18.1 Å².